The van der Waals surface area contributed by atoms with E-state index in [1.165, 1.54) is 0 Å². The van der Waals surface area contributed by atoms with Gasteiger partial charge in [-0.15, -0.1) is 0 Å². The first-order valence-corrected chi connectivity index (χ1v) is 9.30. The Hall–Kier alpha value is -2.14. The van der Waals surface area contributed by atoms with Gasteiger partial charge in [-0.05, 0) is 36.8 Å². The van der Waals surface area contributed by atoms with Crippen LogP contribution >= 0.6 is 0 Å². The van der Waals surface area contributed by atoms with Gasteiger partial charge in [-0.2, -0.15) is 0 Å². The molecule has 0 bridgehead atoms. The summed E-state index contributed by atoms with van der Waals surface area (Å²) in [6.07, 6.45) is 0.176. The van der Waals surface area contributed by atoms with Crippen molar-refractivity contribution in [2.75, 3.05) is 17.2 Å². The van der Waals surface area contributed by atoms with Crippen molar-refractivity contribution in [1.29, 1.82) is 0 Å². The highest BCUT2D eigenvalue weighted by molar-refractivity contribution is 7.91. The first-order valence-electron chi connectivity index (χ1n) is 7.65. The quantitative estimate of drug-likeness (QED) is 0.817. The van der Waals surface area contributed by atoms with E-state index in [1.54, 1.807) is 36.1 Å². The molecule has 5 heteroatoms. The van der Waals surface area contributed by atoms with E-state index in [9.17, 15) is 13.2 Å². The van der Waals surface area contributed by atoms with Crippen LogP contribution in [-0.2, 0) is 21.1 Å². The Morgan fingerprint density at radius 2 is 1.70 bits per heavy atom. The number of benzene rings is 2. The van der Waals surface area contributed by atoms with Crippen LogP contribution < -0.4 is 4.90 Å². The van der Waals surface area contributed by atoms with Crippen LogP contribution in [0.25, 0.3) is 0 Å². The Morgan fingerprint density at radius 3 is 2.30 bits per heavy atom. The van der Waals surface area contributed by atoms with Crippen LogP contribution in [0.1, 0.15) is 19.4 Å². The molecular weight excluding hydrogens is 310 g/mol. The maximum Gasteiger partial charge on any atom is 0.231 e. The first kappa shape index (κ1) is 17.2. The number of carbonyl (C=O) groups excluding carboxylic acids is 1. The normalized spacial score (nSPS) is 11.2. The molecule has 0 saturated carbocycles. The van der Waals surface area contributed by atoms with Crippen LogP contribution in [0, 0.1) is 0 Å². The molecule has 0 aromatic heterocycles. The SMILES string of the molecule is CCN(C(=O)Cc1cccc(S(=O)(=O)CC)c1)c1ccccc1. The van der Waals surface area contributed by atoms with Gasteiger partial charge in [0.25, 0.3) is 0 Å². The van der Waals surface area contributed by atoms with Crippen molar-refractivity contribution < 1.29 is 13.2 Å². The second-order valence-corrected chi connectivity index (χ2v) is 7.48. The zero-order valence-corrected chi connectivity index (χ0v) is 14.2. The van der Waals surface area contributed by atoms with Gasteiger partial charge in [0.05, 0.1) is 17.1 Å². The summed E-state index contributed by atoms with van der Waals surface area (Å²) in [5.41, 5.74) is 1.55. The second-order valence-electron chi connectivity index (χ2n) is 5.20. The predicted molar refractivity (Wildman–Crippen MR) is 92.3 cm³/mol. The third kappa shape index (κ3) is 4.20. The third-order valence-electron chi connectivity index (χ3n) is 3.68. The van der Waals surface area contributed by atoms with Gasteiger partial charge in [-0.1, -0.05) is 37.3 Å². The molecule has 0 unspecified atom stereocenters. The van der Waals surface area contributed by atoms with E-state index in [1.807, 2.05) is 37.3 Å². The lowest BCUT2D eigenvalue weighted by Crippen LogP contribution is -2.31. The summed E-state index contributed by atoms with van der Waals surface area (Å²) >= 11 is 0. The number of likely N-dealkylation sites (N-methyl/N-ethyl adjacent to an activating group) is 1. The smallest absolute Gasteiger partial charge is 0.231 e. The fourth-order valence-corrected chi connectivity index (χ4v) is 3.35. The monoisotopic (exact) mass is 331 g/mol. The van der Waals surface area contributed by atoms with Crippen LogP contribution in [0.5, 0.6) is 0 Å². The number of hydrogen-bond donors (Lipinski definition) is 0. The Labute approximate surface area is 137 Å². The van der Waals surface area contributed by atoms with Crippen molar-refractivity contribution in [2.45, 2.75) is 25.2 Å². The van der Waals surface area contributed by atoms with Crippen molar-refractivity contribution in [2.24, 2.45) is 0 Å². The lowest BCUT2D eigenvalue weighted by molar-refractivity contribution is -0.117. The van der Waals surface area contributed by atoms with Crippen LogP contribution in [0.4, 0.5) is 5.69 Å². The minimum Gasteiger partial charge on any atom is -0.312 e. The Kier molecular flexibility index (Phi) is 5.55. The van der Waals surface area contributed by atoms with Crippen LogP contribution in [0.3, 0.4) is 0 Å². The molecule has 4 nitrogen and oxygen atoms in total. The minimum atomic E-state index is -3.26. The molecule has 122 valence electrons. The zero-order valence-electron chi connectivity index (χ0n) is 13.4. The lowest BCUT2D eigenvalue weighted by atomic mass is 10.1. The molecule has 0 radical (unpaired) electrons. The standard InChI is InChI=1S/C18H21NO3S/c1-3-19(16-10-6-5-7-11-16)18(20)14-15-9-8-12-17(13-15)23(21,22)4-2/h5-13H,3-4,14H2,1-2H3. The molecule has 0 atom stereocenters. The Balaban J connectivity index is 2.21. The highest BCUT2D eigenvalue weighted by Gasteiger charge is 2.16. The van der Waals surface area contributed by atoms with Gasteiger partial charge >= 0.3 is 0 Å². The summed E-state index contributed by atoms with van der Waals surface area (Å²) in [7, 11) is -3.26. The number of carbonyl (C=O) groups is 1. The largest absolute Gasteiger partial charge is 0.312 e. The van der Waals surface area contributed by atoms with Crippen molar-refractivity contribution in [3.63, 3.8) is 0 Å². The number of amides is 1. The second kappa shape index (κ2) is 7.42. The molecule has 0 saturated heterocycles. The summed E-state index contributed by atoms with van der Waals surface area (Å²) in [4.78, 5) is 14.5. The van der Waals surface area contributed by atoms with Gasteiger partial charge in [0, 0.05) is 12.2 Å². The molecular formula is C18H21NO3S. The van der Waals surface area contributed by atoms with E-state index in [0.29, 0.717) is 12.1 Å². The molecule has 2 rings (SSSR count). The highest BCUT2D eigenvalue weighted by Crippen LogP contribution is 2.17. The molecule has 0 spiro atoms. The highest BCUT2D eigenvalue weighted by atomic mass is 32.2. The van der Waals surface area contributed by atoms with Crippen molar-refractivity contribution in [3.05, 3.63) is 60.2 Å². The average molecular weight is 331 g/mol. The first-order chi connectivity index (χ1) is 11.0. The van der Waals surface area contributed by atoms with Gasteiger partial charge in [0.2, 0.25) is 5.91 Å². The molecule has 0 aliphatic heterocycles. The maximum atomic E-state index is 12.6. The topological polar surface area (TPSA) is 54.5 Å². The molecule has 0 heterocycles. The average Bonchev–Trinajstić information content (AvgIpc) is 2.57. The van der Waals surface area contributed by atoms with E-state index < -0.39 is 9.84 Å². The molecule has 2 aromatic carbocycles. The number of hydrogen-bond acceptors (Lipinski definition) is 3. The molecule has 23 heavy (non-hydrogen) atoms. The lowest BCUT2D eigenvalue weighted by Gasteiger charge is -2.21. The summed E-state index contributed by atoms with van der Waals surface area (Å²) < 4.78 is 23.9. The fraction of sp³-hybridized carbons (Fsp3) is 0.278. The zero-order chi connectivity index (χ0) is 16.9. The molecule has 2 aromatic rings. The van der Waals surface area contributed by atoms with E-state index >= 15 is 0 Å². The number of para-hydroxylation sites is 1. The van der Waals surface area contributed by atoms with Crippen molar-refractivity contribution >= 4 is 21.4 Å². The van der Waals surface area contributed by atoms with E-state index in [2.05, 4.69) is 0 Å². The fourth-order valence-electron chi connectivity index (χ4n) is 2.40. The number of anilines is 1. The van der Waals surface area contributed by atoms with E-state index in [-0.39, 0.29) is 23.0 Å². The van der Waals surface area contributed by atoms with Gasteiger partial charge in [0.1, 0.15) is 0 Å². The number of nitrogens with zero attached hydrogens (tertiary/aromatic N) is 1. The maximum absolute atomic E-state index is 12.6. The van der Waals surface area contributed by atoms with Crippen LogP contribution in [0.15, 0.2) is 59.5 Å². The Bertz CT molecular complexity index is 770. The van der Waals surface area contributed by atoms with E-state index in [4.69, 9.17) is 0 Å². The van der Waals surface area contributed by atoms with Crippen LogP contribution in [0.2, 0.25) is 0 Å². The van der Waals surface area contributed by atoms with Gasteiger partial charge in [-0.3, -0.25) is 4.79 Å². The molecule has 0 aliphatic carbocycles. The Morgan fingerprint density at radius 1 is 1.00 bits per heavy atom. The van der Waals surface area contributed by atoms with Crippen molar-refractivity contribution in [3.8, 4) is 0 Å². The third-order valence-corrected chi connectivity index (χ3v) is 5.41. The number of rotatable bonds is 6. The van der Waals surface area contributed by atoms with E-state index in [0.717, 1.165) is 5.69 Å². The molecule has 1 amide bonds. The van der Waals surface area contributed by atoms with Gasteiger partial charge in [-0.25, -0.2) is 8.42 Å². The molecule has 0 fully saturated rings. The van der Waals surface area contributed by atoms with Crippen molar-refractivity contribution in [1.82, 2.24) is 0 Å². The molecule has 0 aliphatic rings. The van der Waals surface area contributed by atoms with Crippen LogP contribution in [-0.4, -0.2) is 26.6 Å². The summed E-state index contributed by atoms with van der Waals surface area (Å²) in [6, 6.07) is 16.1. The molecule has 0 N–H and O–H groups in total. The predicted octanol–water partition coefficient (Wildman–Crippen LogP) is 3.08. The summed E-state index contributed by atoms with van der Waals surface area (Å²) in [5.74, 6) is -0.0000693. The summed E-state index contributed by atoms with van der Waals surface area (Å²) in [6.45, 7) is 4.10. The van der Waals surface area contributed by atoms with Gasteiger partial charge < -0.3 is 4.90 Å². The van der Waals surface area contributed by atoms with Gasteiger partial charge in [0.15, 0.2) is 9.84 Å². The summed E-state index contributed by atoms with van der Waals surface area (Å²) in [5, 5.41) is 0. The minimum absolute atomic E-state index is 0.0511. The number of sulfone groups is 1.